The fourth-order valence-corrected chi connectivity index (χ4v) is 3.35. The predicted octanol–water partition coefficient (Wildman–Crippen LogP) is 3.02. The van der Waals surface area contributed by atoms with E-state index in [2.05, 4.69) is 5.32 Å². The fraction of sp³-hybridized carbons (Fsp3) is 0.348. The third-order valence-corrected chi connectivity index (χ3v) is 4.72. The Hall–Kier alpha value is -3.55. The van der Waals surface area contributed by atoms with Gasteiger partial charge in [0.25, 0.3) is 5.91 Å². The molecule has 31 heavy (non-hydrogen) atoms. The quantitative estimate of drug-likeness (QED) is 0.620. The summed E-state index contributed by atoms with van der Waals surface area (Å²) in [6.07, 6.45) is 0.0219. The van der Waals surface area contributed by atoms with Crippen molar-refractivity contribution in [3.63, 3.8) is 0 Å². The van der Waals surface area contributed by atoms with Gasteiger partial charge in [0.15, 0.2) is 6.61 Å². The largest absolute Gasteiger partial charge is 0.492 e. The van der Waals surface area contributed by atoms with Crippen LogP contribution in [0, 0.1) is 5.92 Å². The molecule has 1 aliphatic rings. The van der Waals surface area contributed by atoms with Crippen molar-refractivity contribution in [2.45, 2.75) is 20.3 Å². The van der Waals surface area contributed by atoms with Crippen molar-refractivity contribution in [3.8, 4) is 11.5 Å². The topological polar surface area (TPSA) is 94.2 Å². The van der Waals surface area contributed by atoms with E-state index in [-0.39, 0.29) is 18.9 Å². The van der Waals surface area contributed by atoms with Crippen LogP contribution in [0.4, 0.5) is 11.4 Å². The molecule has 1 N–H and O–H groups in total. The second-order valence-electron chi connectivity index (χ2n) is 6.89. The smallest absolute Gasteiger partial charge is 0.311 e. The van der Waals surface area contributed by atoms with Crippen LogP contribution in [-0.4, -0.2) is 44.1 Å². The maximum atomic E-state index is 12.5. The Labute approximate surface area is 181 Å². The van der Waals surface area contributed by atoms with Gasteiger partial charge >= 0.3 is 5.97 Å². The van der Waals surface area contributed by atoms with Crippen LogP contribution >= 0.6 is 0 Å². The highest BCUT2D eigenvalue weighted by Gasteiger charge is 2.37. The summed E-state index contributed by atoms with van der Waals surface area (Å²) in [5, 5.41) is 2.67. The number of rotatable bonds is 9. The molecule has 1 heterocycles. The molecule has 1 saturated heterocycles. The average molecular weight is 426 g/mol. The van der Waals surface area contributed by atoms with Crippen LogP contribution in [-0.2, 0) is 19.1 Å². The number of amides is 2. The third-order valence-electron chi connectivity index (χ3n) is 4.72. The molecule has 2 aromatic rings. The molecule has 2 amide bonds. The van der Waals surface area contributed by atoms with Gasteiger partial charge in [-0.25, -0.2) is 0 Å². The molecule has 8 heteroatoms. The monoisotopic (exact) mass is 426 g/mol. The summed E-state index contributed by atoms with van der Waals surface area (Å²) >= 11 is 0. The van der Waals surface area contributed by atoms with Crippen molar-refractivity contribution < 1.29 is 28.6 Å². The Morgan fingerprint density at radius 1 is 1.00 bits per heavy atom. The molecule has 0 aliphatic carbocycles. The Bertz CT molecular complexity index is 945. The predicted molar refractivity (Wildman–Crippen MR) is 115 cm³/mol. The van der Waals surface area contributed by atoms with E-state index in [0.717, 1.165) is 0 Å². The molecule has 3 rings (SSSR count). The molecule has 164 valence electrons. The summed E-state index contributed by atoms with van der Waals surface area (Å²) in [7, 11) is 0. The van der Waals surface area contributed by atoms with E-state index in [4.69, 9.17) is 14.2 Å². The molecule has 1 fully saturated rings. The lowest BCUT2D eigenvalue weighted by Gasteiger charge is -2.20. The number of hydrogen-bond acceptors (Lipinski definition) is 6. The summed E-state index contributed by atoms with van der Waals surface area (Å²) in [5.74, 6) is -0.786. The zero-order valence-electron chi connectivity index (χ0n) is 17.6. The van der Waals surface area contributed by atoms with E-state index in [9.17, 15) is 14.4 Å². The summed E-state index contributed by atoms with van der Waals surface area (Å²) in [6, 6.07) is 14.2. The van der Waals surface area contributed by atoms with Gasteiger partial charge in [-0.2, -0.15) is 0 Å². The van der Waals surface area contributed by atoms with E-state index in [0.29, 0.717) is 36.1 Å². The van der Waals surface area contributed by atoms with Gasteiger partial charge in [0.05, 0.1) is 30.5 Å². The molecule has 0 saturated carbocycles. The Kier molecular flexibility index (Phi) is 7.48. The van der Waals surface area contributed by atoms with E-state index in [1.807, 2.05) is 19.9 Å². The highest BCUT2D eigenvalue weighted by molar-refractivity contribution is 6.01. The van der Waals surface area contributed by atoms with Gasteiger partial charge < -0.3 is 24.4 Å². The molecule has 0 bridgehead atoms. The molecule has 0 unspecified atom stereocenters. The first-order valence-electron chi connectivity index (χ1n) is 10.2. The summed E-state index contributed by atoms with van der Waals surface area (Å²) in [4.78, 5) is 38.7. The van der Waals surface area contributed by atoms with E-state index in [1.165, 1.54) is 4.90 Å². The van der Waals surface area contributed by atoms with Crippen molar-refractivity contribution in [1.29, 1.82) is 0 Å². The Morgan fingerprint density at radius 2 is 1.65 bits per heavy atom. The van der Waals surface area contributed by atoms with Crippen molar-refractivity contribution in [3.05, 3.63) is 48.5 Å². The van der Waals surface area contributed by atoms with Gasteiger partial charge in [0.1, 0.15) is 11.5 Å². The standard InChI is InChI=1S/C23H26N2O6/c1-3-29-19-11-7-5-9-17(19)24-21(26)15-31-23(28)16-13-22(27)25(14-16)18-10-6-8-12-20(18)30-4-2/h5-12,16H,3-4,13-15H2,1-2H3,(H,24,26)/t16-/m1/s1. The molecule has 2 aromatic carbocycles. The van der Waals surface area contributed by atoms with Gasteiger partial charge in [-0.1, -0.05) is 24.3 Å². The zero-order valence-corrected chi connectivity index (χ0v) is 17.6. The van der Waals surface area contributed by atoms with Crippen LogP contribution in [0.25, 0.3) is 0 Å². The first-order valence-corrected chi connectivity index (χ1v) is 10.2. The van der Waals surface area contributed by atoms with Gasteiger partial charge in [0, 0.05) is 13.0 Å². The number of nitrogens with zero attached hydrogens (tertiary/aromatic N) is 1. The molecule has 0 aromatic heterocycles. The molecular formula is C23H26N2O6. The minimum Gasteiger partial charge on any atom is -0.492 e. The van der Waals surface area contributed by atoms with E-state index < -0.39 is 24.4 Å². The maximum absolute atomic E-state index is 12.5. The number of carbonyl (C=O) groups is 3. The van der Waals surface area contributed by atoms with Gasteiger partial charge in [-0.15, -0.1) is 0 Å². The fourth-order valence-electron chi connectivity index (χ4n) is 3.35. The first kappa shape index (κ1) is 22.1. The number of anilines is 2. The number of carbonyl (C=O) groups excluding carboxylic acids is 3. The highest BCUT2D eigenvalue weighted by atomic mass is 16.5. The molecule has 1 atom stereocenters. The van der Waals surface area contributed by atoms with Crippen molar-refractivity contribution in [1.82, 2.24) is 0 Å². The summed E-state index contributed by atoms with van der Waals surface area (Å²) in [6.45, 7) is 4.36. The van der Waals surface area contributed by atoms with E-state index >= 15 is 0 Å². The number of hydrogen-bond donors (Lipinski definition) is 1. The van der Waals surface area contributed by atoms with Crippen molar-refractivity contribution in [2.24, 2.45) is 5.92 Å². The SMILES string of the molecule is CCOc1ccccc1NC(=O)COC(=O)[C@@H]1CC(=O)N(c2ccccc2OCC)C1. The van der Waals surface area contributed by atoms with Crippen LogP contribution in [0.5, 0.6) is 11.5 Å². The minimum absolute atomic E-state index is 0.0219. The molecule has 0 spiro atoms. The minimum atomic E-state index is -0.648. The third kappa shape index (κ3) is 5.53. The van der Waals surface area contributed by atoms with Crippen LogP contribution < -0.4 is 19.7 Å². The number of esters is 1. The number of para-hydroxylation sites is 4. The second-order valence-corrected chi connectivity index (χ2v) is 6.89. The summed E-state index contributed by atoms with van der Waals surface area (Å²) in [5.41, 5.74) is 1.12. The lowest BCUT2D eigenvalue weighted by molar-refractivity contribution is -0.151. The van der Waals surface area contributed by atoms with Crippen LogP contribution in [0.1, 0.15) is 20.3 Å². The number of benzene rings is 2. The highest BCUT2D eigenvalue weighted by Crippen LogP contribution is 2.33. The number of ether oxygens (including phenoxy) is 3. The normalized spacial score (nSPS) is 15.5. The average Bonchev–Trinajstić information content (AvgIpc) is 3.16. The van der Waals surface area contributed by atoms with Crippen molar-refractivity contribution in [2.75, 3.05) is 36.6 Å². The first-order chi connectivity index (χ1) is 15.0. The maximum Gasteiger partial charge on any atom is 0.311 e. The van der Waals surface area contributed by atoms with Gasteiger partial charge in [-0.05, 0) is 38.1 Å². The lowest BCUT2D eigenvalue weighted by Crippen LogP contribution is -2.28. The zero-order chi connectivity index (χ0) is 22.2. The van der Waals surface area contributed by atoms with Crippen molar-refractivity contribution >= 4 is 29.2 Å². The molecule has 0 radical (unpaired) electrons. The van der Waals surface area contributed by atoms with E-state index in [1.54, 1.807) is 42.5 Å². The molecular weight excluding hydrogens is 400 g/mol. The Balaban J connectivity index is 1.56. The van der Waals surface area contributed by atoms with Gasteiger partial charge in [-0.3, -0.25) is 14.4 Å². The van der Waals surface area contributed by atoms with Crippen LogP contribution in [0.15, 0.2) is 48.5 Å². The van der Waals surface area contributed by atoms with Crippen LogP contribution in [0.3, 0.4) is 0 Å². The van der Waals surface area contributed by atoms with Gasteiger partial charge in [0.2, 0.25) is 5.91 Å². The lowest BCUT2D eigenvalue weighted by atomic mass is 10.1. The molecule has 1 aliphatic heterocycles. The molecule has 8 nitrogen and oxygen atoms in total. The Morgan fingerprint density at radius 3 is 2.39 bits per heavy atom. The number of nitrogens with one attached hydrogen (secondary N) is 1. The second kappa shape index (κ2) is 10.5. The summed E-state index contributed by atoms with van der Waals surface area (Å²) < 4.78 is 16.2. The van der Waals surface area contributed by atoms with Crippen LogP contribution in [0.2, 0.25) is 0 Å².